The number of hydrogen-bond donors (Lipinski definition) is 0. The molecule has 0 unspecified atom stereocenters. The van der Waals surface area contributed by atoms with Crippen molar-refractivity contribution < 1.29 is 9.53 Å². The highest BCUT2D eigenvalue weighted by Crippen LogP contribution is 2.29. The lowest BCUT2D eigenvalue weighted by Crippen LogP contribution is -2.01. The van der Waals surface area contributed by atoms with Crippen LogP contribution in [0.25, 0.3) is 0 Å². The smallest absolute Gasteiger partial charge is 0.153 e. The minimum absolute atomic E-state index is 0.347. The standard InChI is InChI=1S/C13H9BrINO2/c14-10-5-9(7-17)13(12(15)6-10)18-8-11-3-1-2-4-16-11/h1-7H,8H2. The van der Waals surface area contributed by atoms with Crippen molar-refractivity contribution >= 4 is 44.8 Å². The summed E-state index contributed by atoms with van der Waals surface area (Å²) in [6.45, 7) is 0.347. The predicted octanol–water partition coefficient (Wildman–Crippen LogP) is 3.84. The van der Waals surface area contributed by atoms with Gasteiger partial charge in [0.25, 0.3) is 0 Å². The Labute approximate surface area is 127 Å². The monoisotopic (exact) mass is 417 g/mol. The molecule has 0 amide bonds. The minimum Gasteiger partial charge on any atom is -0.485 e. The van der Waals surface area contributed by atoms with Crippen molar-refractivity contribution in [2.45, 2.75) is 6.61 Å². The molecule has 0 aliphatic rings. The maximum absolute atomic E-state index is 11.0. The number of halogens is 2. The van der Waals surface area contributed by atoms with Gasteiger partial charge in [-0.05, 0) is 46.9 Å². The minimum atomic E-state index is 0.347. The summed E-state index contributed by atoms with van der Waals surface area (Å²) >= 11 is 5.50. The third-order valence-electron chi connectivity index (χ3n) is 2.25. The molecule has 1 aromatic carbocycles. The predicted molar refractivity (Wildman–Crippen MR) is 80.8 cm³/mol. The van der Waals surface area contributed by atoms with E-state index in [1.165, 1.54) is 0 Å². The molecule has 0 saturated carbocycles. The molecule has 5 heteroatoms. The van der Waals surface area contributed by atoms with Crippen molar-refractivity contribution in [3.8, 4) is 5.75 Å². The third kappa shape index (κ3) is 3.29. The number of carbonyl (C=O) groups excluding carboxylic acids is 1. The summed E-state index contributed by atoms with van der Waals surface area (Å²) in [6.07, 6.45) is 2.51. The van der Waals surface area contributed by atoms with Gasteiger partial charge in [-0.1, -0.05) is 22.0 Å². The average Bonchev–Trinajstić information content (AvgIpc) is 2.38. The molecule has 0 saturated heterocycles. The van der Waals surface area contributed by atoms with Gasteiger partial charge in [0.1, 0.15) is 12.4 Å². The number of hydrogen-bond acceptors (Lipinski definition) is 3. The van der Waals surface area contributed by atoms with E-state index in [0.29, 0.717) is 17.9 Å². The molecule has 0 bridgehead atoms. The zero-order chi connectivity index (χ0) is 13.0. The van der Waals surface area contributed by atoms with Gasteiger partial charge < -0.3 is 4.74 Å². The highest BCUT2D eigenvalue weighted by Gasteiger charge is 2.10. The Balaban J connectivity index is 2.21. The van der Waals surface area contributed by atoms with Gasteiger partial charge in [-0.15, -0.1) is 0 Å². The second kappa shape index (κ2) is 6.29. The summed E-state index contributed by atoms with van der Waals surface area (Å²) in [5.74, 6) is 0.597. The molecule has 0 atom stereocenters. The summed E-state index contributed by atoms with van der Waals surface area (Å²) < 4.78 is 7.43. The number of rotatable bonds is 4. The van der Waals surface area contributed by atoms with E-state index in [1.807, 2.05) is 24.3 Å². The first-order chi connectivity index (χ1) is 8.70. The molecule has 0 N–H and O–H groups in total. The van der Waals surface area contributed by atoms with Gasteiger partial charge in [0.2, 0.25) is 0 Å². The van der Waals surface area contributed by atoms with Crippen LogP contribution in [-0.4, -0.2) is 11.3 Å². The largest absolute Gasteiger partial charge is 0.485 e. The van der Waals surface area contributed by atoms with Gasteiger partial charge in [-0.25, -0.2) is 0 Å². The van der Waals surface area contributed by atoms with Crippen LogP contribution in [-0.2, 0) is 6.61 Å². The molecule has 18 heavy (non-hydrogen) atoms. The van der Waals surface area contributed by atoms with Crippen molar-refractivity contribution in [1.82, 2.24) is 4.98 Å². The van der Waals surface area contributed by atoms with Gasteiger partial charge in [-0.2, -0.15) is 0 Å². The van der Waals surface area contributed by atoms with E-state index in [-0.39, 0.29) is 0 Å². The van der Waals surface area contributed by atoms with Gasteiger partial charge >= 0.3 is 0 Å². The first kappa shape index (κ1) is 13.5. The number of pyridine rings is 1. The first-order valence-electron chi connectivity index (χ1n) is 5.17. The Morgan fingerprint density at radius 1 is 1.39 bits per heavy atom. The number of nitrogens with zero attached hydrogens (tertiary/aromatic N) is 1. The molecule has 2 rings (SSSR count). The van der Waals surface area contributed by atoms with Gasteiger partial charge in [0.15, 0.2) is 6.29 Å². The molecular formula is C13H9BrINO2. The summed E-state index contributed by atoms with van der Waals surface area (Å²) in [4.78, 5) is 15.2. The molecule has 0 fully saturated rings. The van der Waals surface area contributed by atoms with E-state index in [9.17, 15) is 4.79 Å². The second-order valence-electron chi connectivity index (χ2n) is 3.53. The van der Waals surface area contributed by atoms with Crippen LogP contribution in [0.5, 0.6) is 5.75 Å². The molecule has 0 aliphatic carbocycles. The molecule has 92 valence electrons. The molecular weight excluding hydrogens is 409 g/mol. The zero-order valence-corrected chi connectivity index (χ0v) is 13.0. The maximum atomic E-state index is 11.0. The molecule has 0 radical (unpaired) electrons. The van der Waals surface area contributed by atoms with Crippen molar-refractivity contribution in [3.05, 3.63) is 55.8 Å². The molecule has 1 heterocycles. The highest BCUT2D eigenvalue weighted by molar-refractivity contribution is 14.1. The molecule has 3 nitrogen and oxygen atoms in total. The van der Waals surface area contributed by atoms with Crippen LogP contribution in [0.4, 0.5) is 0 Å². The zero-order valence-electron chi connectivity index (χ0n) is 9.27. The van der Waals surface area contributed by atoms with Crippen LogP contribution in [0.1, 0.15) is 16.1 Å². The summed E-state index contributed by atoms with van der Waals surface area (Å²) in [5, 5.41) is 0. The Morgan fingerprint density at radius 3 is 2.89 bits per heavy atom. The Kier molecular flexibility index (Phi) is 4.71. The first-order valence-corrected chi connectivity index (χ1v) is 7.05. The Hall–Kier alpha value is -0.950. The number of carbonyl (C=O) groups is 1. The van der Waals surface area contributed by atoms with E-state index >= 15 is 0 Å². The Bertz CT molecular complexity index is 560. The molecule has 0 aliphatic heterocycles. The van der Waals surface area contributed by atoms with Crippen LogP contribution >= 0.6 is 38.5 Å². The molecule has 2 aromatic rings. The summed E-state index contributed by atoms with van der Waals surface area (Å²) in [5.41, 5.74) is 1.36. The maximum Gasteiger partial charge on any atom is 0.153 e. The summed E-state index contributed by atoms with van der Waals surface area (Å²) in [6, 6.07) is 9.28. The van der Waals surface area contributed by atoms with E-state index in [4.69, 9.17) is 4.74 Å². The number of ether oxygens (including phenoxy) is 1. The fourth-order valence-electron chi connectivity index (χ4n) is 1.45. The lowest BCUT2D eigenvalue weighted by molar-refractivity contribution is 0.111. The Morgan fingerprint density at radius 2 is 2.22 bits per heavy atom. The highest BCUT2D eigenvalue weighted by atomic mass is 127. The number of aromatic nitrogens is 1. The molecule has 1 aromatic heterocycles. The normalized spacial score (nSPS) is 10.1. The number of benzene rings is 1. The second-order valence-corrected chi connectivity index (χ2v) is 5.61. The van der Waals surface area contributed by atoms with E-state index in [2.05, 4.69) is 43.5 Å². The molecule has 0 spiro atoms. The lowest BCUT2D eigenvalue weighted by Gasteiger charge is -2.10. The summed E-state index contributed by atoms with van der Waals surface area (Å²) in [7, 11) is 0. The number of aldehydes is 1. The van der Waals surface area contributed by atoms with Gasteiger partial charge in [0, 0.05) is 10.7 Å². The van der Waals surface area contributed by atoms with Crippen molar-refractivity contribution in [2.75, 3.05) is 0 Å². The van der Waals surface area contributed by atoms with E-state index in [0.717, 1.165) is 20.0 Å². The van der Waals surface area contributed by atoms with Crippen LogP contribution in [0.2, 0.25) is 0 Å². The van der Waals surface area contributed by atoms with Crippen molar-refractivity contribution in [1.29, 1.82) is 0 Å². The lowest BCUT2D eigenvalue weighted by atomic mass is 10.2. The van der Waals surface area contributed by atoms with Crippen LogP contribution in [0.3, 0.4) is 0 Å². The van der Waals surface area contributed by atoms with E-state index < -0.39 is 0 Å². The van der Waals surface area contributed by atoms with Crippen LogP contribution in [0, 0.1) is 3.57 Å². The van der Waals surface area contributed by atoms with Crippen molar-refractivity contribution in [2.24, 2.45) is 0 Å². The van der Waals surface area contributed by atoms with Crippen molar-refractivity contribution in [3.63, 3.8) is 0 Å². The van der Waals surface area contributed by atoms with Crippen LogP contribution < -0.4 is 4.74 Å². The fourth-order valence-corrected chi connectivity index (χ4v) is 3.16. The van der Waals surface area contributed by atoms with Gasteiger partial charge in [-0.3, -0.25) is 9.78 Å². The quantitative estimate of drug-likeness (QED) is 0.560. The van der Waals surface area contributed by atoms with E-state index in [1.54, 1.807) is 12.3 Å². The van der Waals surface area contributed by atoms with Gasteiger partial charge in [0.05, 0.1) is 14.8 Å². The fraction of sp³-hybridized carbons (Fsp3) is 0.0769. The topological polar surface area (TPSA) is 39.2 Å². The average molecular weight is 418 g/mol. The third-order valence-corrected chi connectivity index (χ3v) is 3.51. The SMILES string of the molecule is O=Cc1cc(Br)cc(I)c1OCc1ccccn1. The van der Waals surface area contributed by atoms with Crippen LogP contribution in [0.15, 0.2) is 41.0 Å².